The SMILES string of the molecule is COCCOCCCCC1=NC(c2ccccc2)=C(c2ccccc2)[N]1. The average Bonchev–Trinajstić information content (AvgIpc) is 3.13. The van der Waals surface area contributed by atoms with Crippen LogP contribution in [0.5, 0.6) is 0 Å². The summed E-state index contributed by atoms with van der Waals surface area (Å²) in [6, 6.07) is 20.5. The molecule has 2 aromatic rings. The Labute approximate surface area is 155 Å². The number of aliphatic imine (C=N–C) groups is 1. The second kappa shape index (κ2) is 9.90. The third-order valence-corrected chi connectivity index (χ3v) is 4.17. The highest BCUT2D eigenvalue weighted by Gasteiger charge is 2.21. The molecular formula is C22H25N2O2. The summed E-state index contributed by atoms with van der Waals surface area (Å²) < 4.78 is 10.5. The van der Waals surface area contributed by atoms with Crippen LogP contribution >= 0.6 is 0 Å². The molecule has 1 aliphatic rings. The van der Waals surface area contributed by atoms with E-state index in [1.54, 1.807) is 7.11 Å². The number of unbranched alkanes of at least 4 members (excludes halogenated alkanes) is 1. The van der Waals surface area contributed by atoms with Crippen molar-refractivity contribution in [2.75, 3.05) is 26.9 Å². The van der Waals surface area contributed by atoms with Gasteiger partial charge >= 0.3 is 0 Å². The molecule has 0 aromatic heterocycles. The summed E-state index contributed by atoms with van der Waals surface area (Å²) in [5.74, 6) is 0.902. The van der Waals surface area contributed by atoms with Crippen molar-refractivity contribution in [3.8, 4) is 0 Å². The summed E-state index contributed by atoms with van der Waals surface area (Å²) in [6.45, 7) is 2.05. The molecule has 0 spiro atoms. The van der Waals surface area contributed by atoms with Crippen LogP contribution in [0.15, 0.2) is 65.7 Å². The first-order valence-electron chi connectivity index (χ1n) is 9.09. The third kappa shape index (κ3) is 5.04. The third-order valence-electron chi connectivity index (χ3n) is 4.17. The Morgan fingerprint density at radius 3 is 2.04 bits per heavy atom. The zero-order valence-corrected chi connectivity index (χ0v) is 15.2. The van der Waals surface area contributed by atoms with E-state index in [4.69, 9.17) is 19.8 Å². The van der Waals surface area contributed by atoms with Gasteiger partial charge in [-0.05, 0) is 12.8 Å². The minimum atomic E-state index is 0.646. The van der Waals surface area contributed by atoms with Gasteiger partial charge in [0, 0.05) is 31.3 Å². The summed E-state index contributed by atoms with van der Waals surface area (Å²) in [6.07, 6.45) is 2.87. The molecule has 135 valence electrons. The minimum absolute atomic E-state index is 0.646. The number of amidine groups is 1. The number of nitrogens with zero attached hydrogens (tertiary/aromatic N) is 2. The molecule has 0 aliphatic carbocycles. The Kier molecular flexibility index (Phi) is 6.99. The van der Waals surface area contributed by atoms with E-state index in [0.29, 0.717) is 13.2 Å². The van der Waals surface area contributed by atoms with E-state index in [9.17, 15) is 0 Å². The van der Waals surface area contributed by atoms with Crippen LogP contribution in [0, 0.1) is 0 Å². The normalized spacial score (nSPS) is 13.7. The Morgan fingerprint density at radius 2 is 1.38 bits per heavy atom. The van der Waals surface area contributed by atoms with Crippen molar-refractivity contribution in [2.45, 2.75) is 19.3 Å². The first-order chi connectivity index (χ1) is 12.9. The summed E-state index contributed by atoms with van der Waals surface area (Å²) in [5, 5.41) is 4.83. The van der Waals surface area contributed by atoms with Crippen molar-refractivity contribution in [3.63, 3.8) is 0 Å². The molecule has 1 aliphatic heterocycles. The van der Waals surface area contributed by atoms with Gasteiger partial charge < -0.3 is 9.47 Å². The van der Waals surface area contributed by atoms with Crippen molar-refractivity contribution < 1.29 is 9.47 Å². The van der Waals surface area contributed by atoms with Gasteiger partial charge in [-0.15, -0.1) is 0 Å². The van der Waals surface area contributed by atoms with Gasteiger partial charge in [0.15, 0.2) is 0 Å². The van der Waals surface area contributed by atoms with Crippen molar-refractivity contribution in [1.29, 1.82) is 0 Å². The number of hydrogen-bond acceptors (Lipinski definition) is 3. The van der Waals surface area contributed by atoms with Crippen LogP contribution in [0.25, 0.3) is 11.4 Å². The lowest BCUT2D eigenvalue weighted by molar-refractivity contribution is 0.0690. The van der Waals surface area contributed by atoms with Crippen molar-refractivity contribution in [3.05, 3.63) is 71.8 Å². The molecular weight excluding hydrogens is 324 g/mol. The summed E-state index contributed by atoms with van der Waals surface area (Å²) in [7, 11) is 1.69. The summed E-state index contributed by atoms with van der Waals surface area (Å²) in [4.78, 5) is 4.83. The van der Waals surface area contributed by atoms with E-state index >= 15 is 0 Å². The number of ether oxygens (including phenoxy) is 2. The summed E-state index contributed by atoms with van der Waals surface area (Å²) >= 11 is 0. The Hall–Kier alpha value is -2.43. The quantitative estimate of drug-likeness (QED) is 0.598. The molecule has 0 N–H and O–H groups in total. The van der Waals surface area contributed by atoms with Gasteiger partial charge in [-0.1, -0.05) is 60.7 Å². The van der Waals surface area contributed by atoms with E-state index in [2.05, 4.69) is 24.3 Å². The van der Waals surface area contributed by atoms with Crippen LogP contribution < -0.4 is 5.32 Å². The first kappa shape index (κ1) is 18.4. The molecule has 0 saturated heterocycles. The van der Waals surface area contributed by atoms with Crippen LogP contribution in [0.1, 0.15) is 30.4 Å². The highest BCUT2D eigenvalue weighted by molar-refractivity contribution is 6.07. The fourth-order valence-electron chi connectivity index (χ4n) is 2.83. The number of methoxy groups -OCH3 is 1. The molecule has 0 unspecified atom stereocenters. The van der Waals surface area contributed by atoms with Gasteiger partial charge in [0.1, 0.15) is 5.84 Å². The first-order valence-corrected chi connectivity index (χ1v) is 9.09. The predicted molar refractivity (Wildman–Crippen MR) is 106 cm³/mol. The Morgan fingerprint density at radius 1 is 0.731 bits per heavy atom. The molecule has 0 fully saturated rings. The molecule has 0 atom stereocenters. The van der Waals surface area contributed by atoms with Crippen LogP contribution in [0.3, 0.4) is 0 Å². The number of benzene rings is 2. The standard InChI is InChI=1S/C22H25N2O2/c1-25-16-17-26-15-9-8-14-20-23-21(18-10-4-2-5-11-18)22(24-20)19-12-6-3-7-13-19/h2-7,10-13H,8-9,14-17H2,1H3. The monoisotopic (exact) mass is 349 g/mol. The van der Waals surface area contributed by atoms with Crippen molar-refractivity contribution in [1.82, 2.24) is 5.32 Å². The van der Waals surface area contributed by atoms with E-state index in [-0.39, 0.29) is 0 Å². The van der Waals surface area contributed by atoms with Crippen LogP contribution in [0.2, 0.25) is 0 Å². The zero-order valence-electron chi connectivity index (χ0n) is 15.2. The maximum Gasteiger partial charge on any atom is 0.129 e. The smallest absolute Gasteiger partial charge is 0.129 e. The molecule has 4 heteroatoms. The molecule has 1 heterocycles. The lowest BCUT2D eigenvalue weighted by Crippen LogP contribution is -2.10. The zero-order chi connectivity index (χ0) is 18.0. The lowest BCUT2D eigenvalue weighted by atomic mass is 10.1. The van der Waals surface area contributed by atoms with Gasteiger partial charge in [0.05, 0.1) is 24.6 Å². The number of rotatable bonds is 10. The van der Waals surface area contributed by atoms with E-state index in [1.807, 2.05) is 36.4 Å². The maximum atomic E-state index is 5.51. The Balaban J connectivity index is 1.62. The highest BCUT2D eigenvalue weighted by Crippen LogP contribution is 2.31. The van der Waals surface area contributed by atoms with E-state index < -0.39 is 0 Å². The van der Waals surface area contributed by atoms with Crippen LogP contribution in [-0.2, 0) is 9.47 Å². The molecule has 0 amide bonds. The molecule has 26 heavy (non-hydrogen) atoms. The fraction of sp³-hybridized carbons (Fsp3) is 0.318. The second-order valence-corrected chi connectivity index (χ2v) is 6.13. The molecule has 1 radical (unpaired) electrons. The molecule has 4 nitrogen and oxygen atoms in total. The minimum Gasteiger partial charge on any atom is -0.382 e. The fourth-order valence-corrected chi connectivity index (χ4v) is 2.83. The average molecular weight is 349 g/mol. The maximum absolute atomic E-state index is 5.51. The largest absolute Gasteiger partial charge is 0.382 e. The topological polar surface area (TPSA) is 44.9 Å². The van der Waals surface area contributed by atoms with E-state index in [1.165, 1.54) is 0 Å². The second-order valence-electron chi connectivity index (χ2n) is 6.13. The van der Waals surface area contributed by atoms with Crippen LogP contribution in [0.4, 0.5) is 0 Å². The van der Waals surface area contributed by atoms with E-state index in [0.717, 1.165) is 54.2 Å². The van der Waals surface area contributed by atoms with Gasteiger partial charge in [-0.25, -0.2) is 10.3 Å². The highest BCUT2D eigenvalue weighted by atomic mass is 16.5. The molecule has 0 bridgehead atoms. The van der Waals surface area contributed by atoms with Crippen LogP contribution in [-0.4, -0.2) is 32.8 Å². The van der Waals surface area contributed by atoms with Crippen molar-refractivity contribution >= 4 is 17.2 Å². The Bertz CT molecular complexity index is 739. The van der Waals surface area contributed by atoms with Gasteiger partial charge in [-0.3, -0.25) is 0 Å². The summed E-state index contributed by atoms with van der Waals surface area (Å²) in [5.41, 5.74) is 4.13. The lowest BCUT2D eigenvalue weighted by Gasteiger charge is -2.06. The molecule has 3 rings (SSSR count). The molecule has 0 saturated carbocycles. The number of hydrogen-bond donors (Lipinski definition) is 0. The molecule has 2 aromatic carbocycles. The van der Waals surface area contributed by atoms with Gasteiger partial charge in [-0.2, -0.15) is 0 Å². The van der Waals surface area contributed by atoms with Gasteiger partial charge in [0.2, 0.25) is 0 Å². The van der Waals surface area contributed by atoms with Crippen molar-refractivity contribution in [2.24, 2.45) is 4.99 Å². The van der Waals surface area contributed by atoms with Gasteiger partial charge in [0.25, 0.3) is 0 Å². The predicted octanol–water partition coefficient (Wildman–Crippen LogP) is 4.36.